The van der Waals surface area contributed by atoms with Gasteiger partial charge in [-0.2, -0.15) is 0 Å². The molecule has 0 saturated heterocycles. The molecule has 0 spiro atoms. The van der Waals surface area contributed by atoms with Crippen molar-refractivity contribution in [2.75, 3.05) is 23.8 Å². The number of hydrogen-bond acceptors (Lipinski definition) is 5. The first kappa shape index (κ1) is 14.5. The van der Waals surface area contributed by atoms with Crippen LogP contribution in [0.5, 0.6) is 0 Å². The van der Waals surface area contributed by atoms with Crippen molar-refractivity contribution in [2.24, 2.45) is 0 Å². The number of anilines is 3. The average Bonchev–Trinajstić information content (AvgIpc) is 2.41. The molecule has 0 radical (unpaired) electrons. The topological polar surface area (TPSA) is 58.1 Å². The summed E-state index contributed by atoms with van der Waals surface area (Å²) in [4.78, 5) is 21.3. The van der Waals surface area contributed by atoms with Crippen LogP contribution in [0.2, 0.25) is 0 Å². The molecule has 6 heteroatoms. The van der Waals surface area contributed by atoms with Crippen LogP contribution in [0.3, 0.4) is 0 Å². The largest absolute Gasteiger partial charge is 0.352 e. The highest BCUT2D eigenvalue weighted by molar-refractivity contribution is 9.10. The number of likely N-dealkylation sites (N-methyl/N-ethyl adjacent to an activating group) is 1. The van der Waals surface area contributed by atoms with Gasteiger partial charge in [-0.3, -0.25) is 4.79 Å². The number of para-hydroxylation sites is 1. The monoisotopic (exact) mass is 334 g/mol. The van der Waals surface area contributed by atoms with Crippen molar-refractivity contribution in [2.45, 2.75) is 6.92 Å². The molecule has 104 valence electrons. The molecule has 5 nitrogen and oxygen atoms in total. The molecule has 0 saturated carbocycles. The zero-order valence-electron chi connectivity index (χ0n) is 11.3. The molecule has 0 unspecified atom stereocenters. The van der Waals surface area contributed by atoms with E-state index in [-0.39, 0.29) is 5.78 Å². The maximum absolute atomic E-state index is 11.1. The summed E-state index contributed by atoms with van der Waals surface area (Å²) in [7, 11) is 1.83. The smallest absolute Gasteiger partial charge is 0.149 e. The second-order valence-electron chi connectivity index (χ2n) is 4.42. The molecule has 0 amide bonds. The molecular weight excluding hydrogens is 320 g/mol. The minimum atomic E-state index is 0.0893. The number of carbonyl (C=O) groups is 1. The van der Waals surface area contributed by atoms with E-state index in [2.05, 4.69) is 31.2 Å². The second-order valence-corrected chi connectivity index (χ2v) is 5.28. The Morgan fingerprint density at radius 2 is 2.10 bits per heavy atom. The first-order valence-corrected chi connectivity index (χ1v) is 6.90. The van der Waals surface area contributed by atoms with E-state index >= 15 is 0 Å². The number of nitrogens with one attached hydrogen (secondary N) is 1. The Labute approximate surface area is 126 Å². The summed E-state index contributed by atoms with van der Waals surface area (Å²) in [6, 6.07) is 9.60. The van der Waals surface area contributed by atoms with Crippen molar-refractivity contribution in [1.82, 2.24) is 9.97 Å². The molecule has 1 N–H and O–H groups in total. The van der Waals surface area contributed by atoms with Crippen LogP contribution in [0, 0.1) is 0 Å². The van der Waals surface area contributed by atoms with E-state index in [4.69, 9.17) is 0 Å². The normalized spacial score (nSPS) is 10.2. The highest BCUT2D eigenvalue weighted by atomic mass is 79.9. The van der Waals surface area contributed by atoms with Crippen molar-refractivity contribution in [3.63, 3.8) is 0 Å². The van der Waals surface area contributed by atoms with Crippen LogP contribution >= 0.6 is 15.9 Å². The SMILES string of the molecule is CC(=O)CN(C)c1cc(Nc2ccccc2Br)ncn1. The summed E-state index contributed by atoms with van der Waals surface area (Å²) >= 11 is 3.47. The lowest BCUT2D eigenvalue weighted by molar-refractivity contribution is -0.115. The Kier molecular flexibility index (Phi) is 4.68. The zero-order valence-corrected chi connectivity index (χ0v) is 12.9. The van der Waals surface area contributed by atoms with Gasteiger partial charge < -0.3 is 10.2 Å². The molecule has 0 aliphatic heterocycles. The quantitative estimate of drug-likeness (QED) is 0.910. The highest BCUT2D eigenvalue weighted by Crippen LogP contribution is 2.25. The Morgan fingerprint density at radius 3 is 2.80 bits per heavy atom. The molecule has 0 atom stereocenters. The average molecular weight is 335 g/mol. The van der Waals surface area contributed by atoms with Crippen molar-refractivity contribution in [3.8, 4) is 0 Å². The second kappa shape index (κ2) is 6.47. The van der Waals surface area contributed by atoms with Crippen LogP contribution in [0.1, 0.15) is 6.92 Å². The standard InChI is InChI=1S/C14H15BrN4O/c1-10(20)8-19(2)14-7-13(16-9-17-14)18-12-6-4-3-5-11(12)15/h3-7,9H,8H2,1-2H3,(H,16,17,18). The molecule has 1 aromatic heterocycles. The first-order valence-electron chi connectivity index (χ1n) is 6.10. The summed E-state index contributed by atoms with van der Waals surface area (Å²) in [6.45, 7) is 1.88. The van der Waals surface area contributed by atoms with Crippen molar-refractivity contribution < 1.29 is 4.79 Å². The first-order chi connectivity index (χ1) is 9.56. The van der Waals surface area contributed by atoms with E-state index in [9.17, 15) is 4.79 Å². The third-order valence-electron chi connectivity index (χ3n) is 2.64. The third kappa shape index (κ3) is 3.77. The molecule has 0 aliphatic carbocycles. The van der Waals surface area contributed by atoms with Gasteiger partial charge in [-0.25, -0.2) is 9.97 Å². The summed E-state index contributed by atoms with van der Waals surface area (Å²) in [5.41, 5.74) is 0.923. The number of hydrogen-bond donors (Lipinski definition) is 1. The minimum absolute atomic E-state index is 0.0893. The molecule has 1 heterocycles. The van der Waals surface area contributed by atoms with Crippen molar-refractivity contribution in [1.29, 1.82) is 0 Å². The van der Waals surface area contributed by atoms with E-state index in [1.807, 2.05) is 37.4 Å². The number of carbonyl (C=O) groups excluding carboxylic acids is 1. The van der Waals surface area contributed by atoms with Crippen LogP contribution in [-0.4, -0.2) is 29.3 Å². The van der Waals surface area contributed by atoms with Gasteiger partial charge in [0.05, 0.1) is 12.2 Å². The van der Waals surface area contributed by atoms with E-state index in [1.165, 1.54) is 6.33 Å². The Morgan fingerprint density at radius 1 is 1.35 bits per heavy atom. The maximum Gasteiger partial charge on any atom is 0.149 e. The van der Waals surface area contributed by atoms with Gasteiger partial charge in [0.2, 0.25) is 0 Å². The summed E-state index contributed by atoms with van der Waals surface area (Å²) in [5, 5.41) is 3.21. The molecule has 1 aromatic carbocycles. The number of rotatable bonds is 5. The molecular formula is C14H15BrN4O. The number of Topliss-reactive ketones (excluding diaryl/α,β-unsaturated/α-hetero) is 1. The van der Waals surface area contributed by atoms with Gasteiger partial charge in [-0.05, 0) is 35.0 Å². The Bertz CT molecular complexity index is 618. The summed E-state index contributed by atoms with van der Waals surface area (Å²) in [6.07, 6.45) is 1.48. The number of aromatic nitrogens is 2. The van der Waals surface area contributed by atoms with Gasteiger partial charge in [0, 0.05) is 17.6 Å². The predicted molar refractivity (Wildman–Crippen MR) is 83.4 cm³/mol. The number of ketones is 1. The third-order valence-corrected chi connectivity index (χ3v) is 3.33. The number of halogens is 1. The van der Waals surface area contributed by atoms with Gasteiger partial charge in [0.15, 0.2) is 0 Å². The van der Waals surface area contributed by atoms with E-state index in [1.54, 1.807) is 11.8 Å². The van der Waals surface area contributed by atoms with Gasteiger partial charge in [-0.15, -0.1) is 0 Å². The molecule has 2 aromatic rings. The highest BCUT2D eigenvalue weighted by Gasteiger charge is 2.07. The van der Waals surface area contributed by atoms with Crippen LogP contribution in [0.15, 0.2) is 41.1 Å². The van der Waals surface area contributed by atoms with Gasteiger partial charge >= 0.3 is 0 Å². The van der Waals surface area contributed by atoms with Crippen molar-refractivity contribution in [3.05, 3.63) is 41.1 Å². The molecule has 0 bridgehead atoms. The Hall–Kier alpha value is -1.95. The summed E-state index contributed by atoms with van der Waals surface area (Å²) in [5.74, 6) is 1.47. The van der Waals surface area contributed by atoms with Crippen LogP contribution in [-0.2, 0) is 4.79 Å². The molecule has 0 aliphatic rings. The summed E-state index contributed by atoms with van der Waals surface area (Å²) < 4.78 is 0.956. The predicted octanol–water partition coefficient (Wildman–Crippen LogP) is 3.01. The number of nitrogens with zero attached hydrogens (tertiary/aromatic N) is 3. The van der Waals surface area contributed by atoms with E-state index < -0.39 is 0 Å². The van der Waals surface area contributed by atoms with Crippen LogP contribution < -0.4 is 10.2 Å². The maximum atomic E-state index is 11.1. The molecule has 20 heavy (non-hydrogen) atoms. The fourth-order valence-electron chi connectivity index (χ4n) is 1.74. The van der Waals surface area contributed by atoms with Crippen LogP contribution in [0.25, 0.3) is 0 Å². The lowest BCUT2D eigenvalue weighted by atomic mass is 10.3. The van der Waals surface area contributed by atoms with E-state index in [0.717, 1.165) is 10.2 Å². The van der Waals surface area contributed by atoms with E-state index in [0.29, 0.717) is 18.2 Å². The van der Waals surface area contributed by atoms with Gasteiger partial charge in [0.25, 0.3) is 0 Å². The minimum Gasteiger partial charge on any atom is -0.352 e. The lowest BCUT2D eigenvalue weighted by Crippen LogP contribution is -2.24. The zero-order chi connectivity index (χ0) is 14.5. The number of benzene rings is 1. The Balaban J connectivity index is 2.18. The molecule has 0 fully saturated rings. The lowest BCUT2D eigenvalue weighted by Gasteiger charge is -2.17. The van der Waals surface area contributed by atoms with Gasteiger partial charge in [-0.1, -0.05) is 12.1 Å². The molecule has 2 rings (SSSR count). The fraction of sp³-hybridized carbons (Fsp3) is 0.214. The van der Waals surface area contributed by atoms with Crippen LogP contribution in [0.4, 0.5) is 17.3 Å². The fourth-order valence-corrected chi connectivity index (χ4v) is 2.12. The van der Waals surface area contributed by atoms with Crippen molar-refractivity contribution >= 4 is 39.0 Å². The van der Waals surface area contributed by atoms with Gasteiger partial charge in [0.1, 0.15) is 23.7 Å².